The summed E-state index contributed by atoms with van der Waals surface area (Å²) in [5, 5.41) is 4.90. The van der Waals surface area contributed by atoms with Crippen LogP contribution in [0, 0.1) is 5.41 Å². The molecule has 5 nitrogen and oxygen atoms in total. The Kier molecular flexibility index (Phi) is 5.88. The first-order chi connectivity index (χ1) is 11.2. The predicted molar refractivity (Wildman–Crippen MR) is 94.8 cm³/mol. The highest BCUT2D eigenvalue weighted by Crippen LogP contribution is 2.31. The highest BCUT2D eigenvalue weighted by atomic mass is 35.5. The van der Waals surface area contributed by atoms with Crippen LogP contribution in [0.2, 0.25) is 10.0 Å². The van der Waals surface area contributed by atoms with E-state index >= 15 is 0 Å². The zero-order valence-electron chi connectivity index (χ0n) is 13.9. The molecular weight excluding hydrogens is 351 g/mol. The molecule has 0 aliphatic heterocycles. The maximum atomic E-state index is 12.1. The molecule has 1 N–H and O–H groups in total. The summed E-state index contributed by atoms with van der Waals surface area (Å²) >= 11 is 11.8. The molecule has 1 aliphatic rings. The minimum atomic E-state index is -0.791. The minimum Gasteiger partial charge on any atom is -0.479 e. The zero-order chi connectivity index (χ0) is 17.9. The molecule has 0 spiro atoms. The van der Waals surface area contributed by atoms with Crippen molar-refractivity contribution in [1.29, 1.82) is 0 Å². The van der Waals surface area contributed by atoms with Crippen LogP contribution in [0.3, 0.4) is 0 Å². The quantitative estimate of drug-likeness (QED) is 0.813. The summed E-state index contributed by atoms with van der Waals surface area (Å²) in [6.45, 7) is 5.61. The number of nitrogens with one attached hydrogen (secondary N) is 1. The number of hydrazone groups is 1. The van der Waals surface area contributed by atoms with E-state index in [1.54, 1.807) is 25.1 Å². The third-order valence-electron chi connectivity index (χ3n) is 3.65. The molecule has 1 aromatic carbocycles. The van der Waals surface area contributed by atoms with Gasteiger partial charge in [0.1, 0.15) is 11.5 Å². The lowest BCUT2D eigenvalue weighted by Crippen LogP contribution is -2.36. The van der Waals surface area contributed by atoms with Crippen molar-refractivity contribution in [3.63, 3.8) is 0 Å². The molecule has 1 amide bonds. The van der Waals surface area contributed by atoms with E-state index in [2.05, 4.69) is 10.5 Å². The molecule has 1 saturated carbocycles. The zero-order valence-corrected chi connectivity index (χ0v) is 15.4. The topological polar surface area (TPSA) is 67.8 Å². The van der Waals surface area contributed by atoms with Gasteiger partial charge >= 0.3 is 0 Å². The lowest BCUT2D eigenvalue weighted by molar-refractivity contribution is -0.127. The van der Waals surface area contributed by atoms with Crippen molar-refractivity contribution < 1.29 is 14.3 Å². The fourth-order valence-electron chi connectivity index (χ4n) is 2.62. The second-order valence-corrected chi connectivity index (χ2v) is 7.57. The maximum Gasteiger partial charge on any atom is 0.280 e. The molecule has 1 atom stereocenters. The fraction of sp³-hybridized carbons (Fsp3) is 0.471. The monoisotopic (exact) mass is 370 g/mol. The van der Waals surface area contributed by atoms with Crippen molar-refractivity contribution in [3.8, 4) is 5.75 Å². The van der Waals surface area contributed by atoms with Crippen molar-refractivity contribution in [3.05, 3.63) is 28.2 Å². The van der Waals surface area contributed by atoms with Gasteiger partial charge in [0.2, 0.25) is 0 Å². The van der Waals surface area contributed by atoms with E-state index in [9.17, 15) is 9.59 Å². The Morgan fingerprint density at radius 3 is 2.67 bits per heavy atom. The SMILES string of the molecule is CC(Oc1ccc(Cl)cc1Cl)C(=O)N/N=C1\CC(=O)CC(C)(C)C1. The minimum absolute atomic E-state index is 0.127. The van der Waals surface area contributed by atoms with Crippen LogP contribution in [0.1, 0.15) is 40.0 Å². The van der Waals surface area contributed by atoms with Crippen LogP contribution in [0.4, 0.5) is 0 Å². The Hall–Kier alpha value is -1.59. The van der Waals surface area contributed by atoms with Crippen molar-refractivity contribution in [1.82, 2.24) is 5.43 Å². The standard InChI is InChI=1S/C17H20Cl2N2O3/c1-10(24-15-5-4-11(18)6-14(15)19)16(23)21-20-12-7-13(22)9-17(2,3)8-12/h4-6,10H,7-9H2,1-3H3,(H,21,23)/b20-12+. The number of hydrogen-bond donors (Lipinski definition) is 1. The summed E-state index contributed by atoms with van der Waals surface area (Å²) in [6.07, 6.45) is 0.702. The molecule has 0 heterocycles. The number of ether oxygens (including phenoxy) is 1. The first kappa shape index (κ1) is 18.7. The highest BCUT2D eigenvalue weighted by Gasteiger charge is 2.30. The van der Waals surface area contributed by atoms with Gasteiger partial charge in [-0.25, -0.2) is 5.43 Å². The van der Waals surface area contributed by atoms with E-state index in [4.69, 9.17) is 27.9 Å². The van der Waals surface area contributed by atoms with E-state index in [0.717, 1.165) is 0 Å². The van der Waals surface area contributed by atoms with Crippen LogP contribution in [0.25, 0.3) is 0 Å². The molecule has 1 aromatic rings. The number of rotatable bonds is 4. The lowest BCUT2D eigenvalue weighted by atomic mass is 9.76. The summed E-state index contributed by atoms with van der Waals surface area (Å²) in [5.74, 6) is 0.0891. The van der Waals surface area contributed by atoms with Crippen LogP contribution >= 0.6 is 23.2 Å². The van der Waals surface area contributed by atoms with Gasteiger partial charge in [-0.3, -0.25) is 9.59 Å². The number of amides is 1. The molecule has 130 valence electrons. The summed E-state index contributed by atoms with van der Waals surface area (Å²) in [4.78, 5) is 23.8. The molecule has 24 heavy (non-hydrogen) atoms. The van der Waals surface area contributed by atoms with E-state index in [1.807, 2.05) is 13.8 Å². The Morgan fingerprint density at radius 2 is 2.04 bits per heavy atom. The first-order valence-corrected chi connectivity index (χ1v) is 8.40. The van der Waals surface area contributed by atoms with Crippen LogP contribution < -0.4 is 10.2 Å². The summed E-state index contributed by atoms with van der Waals surface area (Å²) < 4.78 is 5.53. The number of carbonyl (C=O) groups excluding carboxylic acids is 2. The van der Waals surface area contributed by atoms with Crippen molar-refractivity contribution in [2.75, 3.05) is 0 Å². The van der Waals surface area contributed by atoms with Crippen LogP contribution in [-0.2, 0) is 9.59 Å². The first-order valence-electron chi connectivity index (χ1n) is 7.65. The van der Waals surface area contributed by atoms with Gasteiger partial charge < -0.3 is 4.74 Å². The second kappa shape index (κ2) is 7.53. The van der Waals surface area contributed by atoms with Gasteiger partial charge in [-0.2, -0.15) is 5.10 Å². The van der Waals surface area contributed by atoms with Gasteiger partial charge in [-0.1, -0.05) is 37.0 Å². The molecule has 0 bridgehead atoms. The number of benzene rings is 1. The number of halogens is 2. The fourth-order valence-corrected chi connectivity index (χ4v) is 3.07. The van der Waals surface area contributed by atoms with E-state index in [1.165, 1.54) is 0 Å². The van der Waals surface area contributed by atoms with E-state index in [0.29, 0.717) is 34.3 Å². The average Bonchev–Trinajstić information content (AvgIpc) is 2.45. The highest BCUT2D eigenvalue weighted by molar-refractivity contribution is 6.35. The van der Waals surface area contributed by atoms with Gasteiger partial charge in [0, 0.05) is 23.6 Å². The Balaban J connectivity index is 1.96. The maximum absolute atomic E-state index is 12.1. The van der Waals surface area contributed by atoms with Crippen molar-refractivity contribution >= 4 is 40.6 Å². The Labute approximate surface area is 151 Å². The van der Waals surface area contributed by atoms with E-state index in [-0.39, 0.29) is 17.6 Å². The Bertz CT molecular complexity index is 686. The molecule has 2 rings (SSSR count). The summed E-state index contributed by atoms with van der Waals surface area (Å²) in [5.41, 5.74) is 3.02. The number of ketones is 1. The smallest absolute Gasteiger partial charge is 0.280 e. The van der Waals surface area contributed by atoms with Crippen LogP contribution in [-0.4, -0.2) is 23.5 Å². The van der Waals surface area contributed by atoms with Crippen LogP contribution in [0.15, 0.2) is 23.3 Å². The predicted octanol–water partition coefficient (Wildman–Crippen LogP) is 4.01. The molecule has 0 radical (unpaired) electrons. The Morgan fingerprint density at radius 1 is 1.33 bits per heavy atom. The normalized spacial score (nSPS) is 19.9. The molecule has 0 saturated heterocycles. The van der Waals surface area contributed by atoms with Gasteiger partial charge in [0.15, 0.2) is 6.10 Å². The third kappa shape index (κ3) is 5.21. The molecular formula is C17H20Cl2N2O3. The second-order valence-electron chi connectivity index (χ2n) is 6.72. The number of Topliss-reactive ketones (excluding diaryl/α,β-unsaturated/α-hetero) is 1. The molecule has 0 aromatic heterocycles. The largest absolute Gasteiger partial charge is 0.479 e. The van der Waals surface area contributed by atoms with Gasteiger partial charge in [0.25, 0.3) is 5.91 Å². The van der Waals surface area contributed by atoms with Gasteiger partial charge in [-0.05, 0) is 37.0 Å². The lowest BCUT2D eigenvalue weighted by Gasteiger charge is -2.29. The van der Waals surface area contributed by atoms with E-state index < -0.39 is 12.0 Å². The molecule has 7 heteroatoms. The van der Waals surface area contributed by atoms with Crippen molar-refractivity contribution in [2.24, 2.45) is 10.5 Å². The van der Waals surface area contributed by atoms with Crippen LogP contribution in [0.5, 0.6) is 5.75 Å². The van der Waals surface area contributed by atoms with Gasteiger partial charge in [-0.15, -0.1) is 0 Å². The van der Waals surface area contributed by atoms with Crippen molar-refractivity contribution in [2.45, 2.75) is 46.1 Å². The average molecular weight is 371 g/mol. The number of carbonyl (C=O) groups is 2. The summed E-state index contributed by atoms with van der Waals surface area (Å²) in [6, 6.07) is 4.77. The van der Waals surface area contributed by atoms with Gasteiger partial charge in [0.05, 0.1) is 5.02 Å². The third-order valence-corrected chi connectivity index (χ3v) is 4.18. The molecule has 1 fully saturated rings. The molecule has 1 aliphatic carbocycles. The molecule has 1 unspecified atom stereocenters. The number of hydrogen-bond acceptors (Lipinski definition) is 4. The number of nitrogens with zero attached hydrogens (tertiary/aromatic N) is 1. The summed E-state index contributed by atoms with van der Waals surface area (Å²) in [7, 11) is 0.